The molecule has 0 aromatic heterocycles. The molecule has 0 unspecified atom stereocenters. The van der Waals surface area contributed by atoms with Crippen LogP contribution in [-0.4, -0.2) is 6.16 Å². The molecular weight excluding hydrogens is 287 g/mol. The smallest absolute Gasteiger partial charge is 0.143 e. The second-order valence-electron chi connectivity index (χ2n) is 6.27. The van der Waals surface area contributed by atoms with Gasteiger partial charge < -0.3 is 4.57 Å². The molecular formula is C17H20ClOP. The zero-order chi connectivity index (χ0) is 14.8. The van der Waals surface area contributed by atoms with Crippen LogP contribution in [0.4, 0.5) is 0 Å². The number of benzene rings is 2. The summed E-state index contributed by atoms with van der Waals surface area (Å²) in [5, 5.41) is 2.46. The van der Waals surface area contributed by atoms with Crippen LogP contribution in [0.15, 0.2) is 54.6 Å². The molecule has 0 saturated heterocycles. The van der Waals surface area contributed by atoms with Gasteiger partial charge in [0.1, 0.15) is 7.14 Å². The highest BCUT2D eigenvalue weighted by Crippen LogP contribution is 2.48. The van der Waals surface area contributed by atoms with Gasteiger partial charge in [0.05, 0.1) is 0 Å². The van der Waals surface area contributed by atoms with Crippen LogP contribution in [0, 0.1) is 5.41 Å². The van der Waals surface area contributed by atoms with Gasteiger partial charge in [-0.05, 0) is 29.7 Å². The molecule has 20 heavy (non-hydrogen) atoms. The summed E-state index contributed by atoms with van der Waals surface area (Å²) in [5.41, 5.74) is -0.00892. The Morgan fingerprint density at radius 3 is 1.90 bits per heavy atom. The van der Waals surface area contributed by atoms with E-state index in [1.54, 1.807) is 0 Å². The van der Waals surface area contributed by atoms with E-state index >= 15 is 0 Å². The van der Waals surface area contributed by atoms with Crippen LogP contribution in [0.3, 0.4) is 0 Å². The summed E-state index contributed by atoms with van der Waals surface area (Å²) in [6.07, 6.45) is 0.644. The lowest BCUT2D eigenvalue weighted by atomic mass is 10.0. The van der Waals surface area contributed by atoms with E-state index in [9.17, 15) is 4.57 Å². The van der Waals surface area contributed by atoms with Crippen LogP contribution in [0.2, 0.25) is 5.02 Å². The Bertz CT molecular complexity index is 612. The van der Waals surface area contributed by atoms with Gasteiger partial charge in [-0.3, -0.25) is 0 Å². The van der Waals surface area contributed by atoms with Crippen LogP contribution in [0.25, 0.3) is 0 Å². The van der Waals surface area contributed by atoms with E-state index in [-0.39, 0.29) is 5.41 Å². The van der Waals surface area contributed by atoms with Crippen LogP contribution >= 0.6 is 18.7 Å². The van der Waals surface area contributed by atoms with Crippen molar-refractivity contribution < 1.29 is 4.57 Å². The van der Waals surface area contributed by atoms with Gasteiger partial charge in [-0.25, -0.2) is 0 Å². The second-order valence-corrected chi connectivity index (χ2v) is 9.54. The minimum absolute atomic E-state index is 0.00892. The Morgan fingerprint density at radius 2 is 1.40 bits per heavy atom. The molecule has 2 rings (SSSR count). The molecule has 0 radical (unpaired) electrons. The molecule has 0 heterocycles. The first kappa shape index (κ1) is 15.4. The van der Waals surface area contributed by atoms with Gasteiger partial charge in [0.15, 0.2) is 0 Å². The van der Waals surface area contributed by atoms with Gasteiger partial charge in [0.2, 0.25) is 0 Å². The monoisotopic (exact) mass is 306 g/mol. The van der Waals surface area contributed by atoms with Crippen molar-refractivity contribution in [2.24, 2.45) is 5.41 Å². The molecule has 1 nitrogen and oxygen atoms in total. The Balaban J connectivity index is 2.55. The molecule has 2 aromatic carbocycles. The van der Waals surface area contributed by atoms with Gasteiger partial charge in [-0.1, -0.05) is 62.7 Å². The van der Waals surface area contributed by atoms with E-state index in [0.29, 0.717) is 11.2 Å². The van der Waals surface area contributed by atoms with Crippen LogP contribution in [0.5, 0.6) is 0 Å². The van der Waals surface area contributed by atoms with Gasteiger partial charge in [-0.2, -0.15) is 0 Å². The highest BCUT2D eigenvalue weighted by molar-refractivity contribution is 7.78. The quantitative estimate of drug-likeness (QED) is 0.751. The lowest BCUT2D eigenvalue weighted by Gasteiger charge is -2.27. The average Bonchev–Trinajstić information content (AvgIpc) is 2.38. The molecule has 2 aromatic rings. The maximum absolute atomic E-state index is 13.7. The Hall–Kier alpha value is -1.04. The number of rotatable bonds is 3. The summed E-state index contributed by atoms with van der Waals surface area (Å²) in [7, 11) is -2.62. The summed E-state index contributed by atoms with van der Waals surface area (Å²) in [4.78, 5) is 0. The largest absolute Gasteiger partial charge is 0.314 e. The van der Waals surface area contributed by atoms with Crippen molar-refractivity contribution in [2.75, 3.05) is 6.16 Å². The van der Waals surface area contributed by atoms with E-state index in [1.807, 2.05) is 54.6 Å². The third kappa shape index (κ3) is 3.53. The fourth-order valence-electron chi connectivity index (χ4n) is 2.35. The van der Waals surface area contributed by atoms with Crippen LogP contribution in [-0.2, 0) is 4.57 Å². The van der Waals surface area contributed by atoms with E-state index in [4.69, 9.17) is 11.6 Å². The minimum atomic E-state index is -2.62. The zero-order valence-electron chi connectivity index (χ0n) is 12.1. The standard InChI is InChI=1S/C17H20ClOP/c1-17(2,3)13-20(19,15-7-5-4-6-8-15)16-11-9-14(18)10-12-16/h4-12H,13H2,1-3H3/t20-/m0/s1. The molecule has 106 valence electrons. The lowest BCUT2D eigenvalue weighted by Crippen LogP contribution is -2.25. The molecule has 0 saturated carbocycles. The first-order valence-corrected chi connectivity index (χ1v) is 8.99. The zero-order valence-corrected chi connectivity index (χ0v) is 13.8. The molecule has 0 fully saturated rings. The average molecular weight is 307 g/mol. The van der Waals surface area contributed by atoms with Crippen molar-refractivity contribution in [1.82, 2.24) is 0 Å². The molecule has 0 amide bonds. The van der Waals surface area contributed by atoms with Crippen molar-refractivity contribution in [3.63, 3.8) is 0 Å². The minimum Gasteiger partial charge on any atom is -0.314 e. The van der Waals surface area contributed by atoms with Gasteiger partial charge in [0.25, 0.3) is 0 Å². The maximum Gasteiger partial charge on any atom is 0.143 e. The summed E-state index contributed by atoms with van der Waals surface area (Å²) in [6.45, 7) is 6.37. The summed E-state index contributed by atoms with van der Waals surface area (Å²) < 4.78 is 13.7. The topological polar surface area (TPSA) is 17.1 Å². The Labute approximate surface area is 126 Å². The summed E-state index contributed by atoms with van der Waals surface area (Å²) >= 11 is 5.95. The summed E-state index contributed by atoms with van der Waals surface area (Å²) in [5.74, 6) is 0. The fraction of sp³-hybridized carbons (Fsp3) is 0.294. The van der Waals surface area contributed by atoms with Crippen molar-refractivity contribution in [3.05, 3.63) is 59.6 Å². The fourth-order valence-corrected chi connectivity index (χ4v) is 5.76. The first-order valence-electron chi connectivity index (χ1n) is 6.72. The highest BCUT2D eigenvalue weighted by atomic mass is 35.5. The molecule has 1 atom stereocenters. The maximum atomic E-state index is 13.7. The normalized spacial score (nSPS) is 14.8. The van der Waals surface area contributed by atoms with Crippen LogP contribution < -0.4 is 10.6 Å². The molecule has 0 bridgehead atoms. The van der Waals surface area contributed by atoms with E-state index < -0.39 is 7.14 Å². The molecule has 0 aliphatic carbocycles. The Kier molecular flexibility index (Phi) is 4.42. The SMILES string of the molecule is CC(C)(C)C[P@](=O)(c1ccccc1)c1ccc(Cl)cc1. The molecule has 0 aliphatic rings. The van der Waals surface area contributed by atoms with E-state index in [0.717, 1.165) is 10.6 Å². The van der Waals surface area contributed by atoms with Crippen molar-refractivity contribution >= 4 is 29.4 Å². The van der Waals surface area contributed by atoms with Crippen molar-refractivity contribution in [2.45, 2.75) is 20.8 Å². The second kappa shape index (κ2) is 5.76. The molecule has 3 heteroatoms. The lowest BCUT2D eigenvalue weighted by molar-refractivity contribution is 0.466. The Morgan fingerprint density at radius 1 is 0.900 bits per heavy atom. The third-order valence-electron chi connectivity index (χ3n) is 3.11. The van der Waals surface area contributed by atoms with Gasteiger partial charge in [0, 0.05) is 21.8 Å². The first-order chi connectivity index (χ1) is 9.31. The number of halogens is 1. The van der Waals surface area contributed by atoms with Crippen molar-refractivity contribution in [3.8, 4) is 0 Å². The number of hydrogen-bond acceptors (Lipinski definition) is 1. The molecule has 0 spiro atoms. The van der Waals surface area contributed by atoms with Gasteiger partial charge in [-0.15, -0.1) is 0 Å². The predicted octanol–water partition coefficient (Wildman–Crippen LogP) is 4.70. The van der Waals surface area contributed by atoms with E-state index in [1.165, 1.54) is 0 Å². The van der Waals surface area contributed by atoms with E-state index in [2.05, 4.69) is 20.8 Å². The van der Waals surface area contributed by atoms with Crippen LogP contribution in [0.1, 0.15) is 20.8 Å². The number of hydrogen-bond donors (Lipinski definition) is 0. The third-order valence-corrected chi connectivity index (χ3v) is 7.02. The van der Waals surface area contributed by atoms with Gasteiger partial charge >= 0.3 is 0 Å². The molecule has 0 aliphatic heterocycles. The predicted molar refractivity (Wildman–Crippen MR) is 89.1 cm³/mol. The highest BCUT2D eigenvalue weighted by Gasteiger charge is 2.32. The van der Waals surface area contributed by atoms with Crippen molar-refractivity contribution in [1.29, 1.82) is 0 Å². The summed E-state index contributed by atoms with van der Waals surface area (Å²) in [6, 6.07) is 17.2. The molecule has 0 N–H and O–H groups in total.